The standard InChI is InChI=1S/C25H36O12/c1-14(26)34-18-13-33-25(23(20(18)35-15(2)27)32-11-16-9-7-6-8-10-16)37-19-17(12-29-3)36-24(28)22(31-5)21(19)30-4/h6-10,17-25,28H,11-13H2,1-5H3/t17?,18-,19-,20?,21?,22?,23?,24+,25+/m1/s1. The van der Waals surface area contributed by atoms with Gasteiger partial charge in [0.05, 0.1) is 19.8 Å². The number of ether oxygens (including phenoxy) is 9. The summed E-state index contributed by atoms with van der Waals surface area (Å²) in [7, 11) is 4.36. The van der Waals surface area contributed by atoms with Gasteiger partial charge in [0.2, 0.25) is 0 Å². The summed E-state index contributed by atoms with van der Waals surface area (Å²) in [6, 6.07) is 9.35. The summed E-state index contributed by atoms with van der Waals surface area (Å²) in [6.45, 7) is 2.59. The van der Waals surface area contributed by atoms with Crippen LogP contribution in [0, 0.1) is 0 Å². The largest absolute Gasteiger partial charge is 0.456 e. The van der Waals surface area contributed by atoms with Crippen molar-refractivity contribution in [3.05, 3.63) is 35.9 Å². The fourth-order valence-corrected chi connectivity index (χ4v) is 4.48. The molecule has 0 aliphatic carbocycles. The minimum absolute atomic E-state index is 0.0731. The number of carbonyl (C=O) groups is 2. The summed E-state index contributed by atoms with van der Waals surface area (Å²) in [5.41, 5.74) is 0.855. The second kappa shape index (κ2) is 14.1. The number of aliphatic hydroxyl groups excluding tert-OH is 1. The van der Waals surface area contributed by atoms with E-state index in [9.17, 15) is 14.7 Å². The van der Waals surface area contributed by atoms with E-state index in [-0.39, 0.29) is 19.8 Å². The first kappa shape index (κ1) is 29.4. The summed E-state index contributed by atoms with van der Waals surface area (Å²) in [4.78, 5) is 23.8. The van der Waals surface area contributed by atoms with Crippen LogP contribution in [0.1, 0.15) is 19.4 Å². The zero-order valence-corrected chi connectivity index (χ0v) is 21.6. The van der Waals surface area contributed by atoms with Gasteiger partial charge in [0, 0.05) is 35.2 Å². The number of hydrogen-bond donors (Lipinski definition) is 1. The van der Waals surface area contributed by atoms with Crippen LogP contribution >= 0.6 is 0 Å². The third kappa shape index (κ3) is 7.68. The SMILES string of the molecule is COCC1O[C@H](O)C(OC)C(OC)[C@@H]1O[C@@H]1OC[C@@H](OC(C)=O)C(OC(C)=O)C1OCc1ccccc1. The fraction of sp³-hybridized carbons (Fsp3) is 0.680. The molecule has 0 bridgehead atoms. The van der Waals surface area contributed by atoms with E-state index in [1.54, 1.807) is 0 Å². The van der Waals surface area contributed by atoms with Crippen LogP contribution < -0.4 is 0 Å². The molecule has 5 unspecified atom stereocenters. The Bertz CT molecular complexity index is 851. The van der Waals surface area contributed by atoms with Gasteiger partial charge in [0.15, 0.2) is 24.8 Å². The monoisotopic (exact) mass is 528 g/mol. The van der Waals surface area contributed by atoms with Crippen LogP contribution in [0.15, 0.2) is 30.3 Å². The Morgan fingerprint density at radius 3 is 2.19 bits per heavy atom. The normalized spacial score (nSPS) is 34.1. The molecule has 9 atom stereocenters. The maximum absolute atomic E-state index is 12.0. The topological polar surface area (TPSA) is 137 Å². The zero-order valence-electron chi connectivity index (χ0n) is 21.6. The number of esters is 2. The van der Waals surface area contributed by atoms with Gasteiger partial charge in [-0.15, -0.1) is 0 Å². The van der Waals surface area contributed by atoms with E-state index in [2.05, 4.69) is 0 Å². The molecule has 1 aromatic carbocycles. The summed E-state index contributed by atoms with van der Waals surface area (Å²) in [5, 5.41) is 10.4. The van der Waals surface area contributed by atoms with Crippen molar-refractivity contribution >= 4 is 11.9 Å². The van der Waals surface area contributed by atoms with E-state index in [0.29, 0.717) is 0 Å². The number of methoxy groups -OCH3 is 3. The van der Waals surface area contributed by atoms with E-state index in [4.69, 9.17) is 42.6 Å². The van der Waals surface area contributed by atoms with E-state index < -0.39 is 67.2 Å². The van der Waals surface area contributed by atoms with E-state index in [0.717, 1.165) is 5.56 Å². The Morgan fingerprint density at radius 2 is 1.59 bits per heavy atom. The summed E-state index contributed by atoms with van der Waals surface area (Å²) < 4.78 is 51.4. The van der Waals surface area contributed by atoms with Crippen LogP contribution in [0.5, 0.6) is 0 Å². The maximum Gasteiger partial charge on any atom is 0.303 e. The molecule has 1 aromatic rings. The second-order valence-electron chi connectivity index (χ2n) is 8.71. The number of hydrogen-bond acceptors (Lipinski definition) is 12. The molecule has 2 saturated heterocycles. The van der Waals surface area contributed by atoms with Crippen molar-refractivity contribution in [2.75, 3.05) is 34.5 Å². The smallest absolute Gasteiger partial charge is 0.303 e. The highest BCUT2D eigenvalue weighted by Gasteiger charge is 2.52. The lowest BCUT2D eigenvalue weighted by Gasteiger charge is -2.47. The van der Waals surface area contributed by atoms with Crippen molar-refractivity contribution in [3.63, 3.8) is 0 Å². The molecule has 12 heteroatoms. The third-order valence-electron chi connectivity index (χ3n) is 6.06. The third-order valence-corrected chi connectivity index (χ3v) is 6.06. The molecule has 37 heavy (non-hydrogen) atoms. The Hall–Kier alpha value is -2.16. The lowest BCUT2D eigenvalue weighted by Crippen LogP contribution is -2.64. The highest BCUT2D eigenvalue weighted by atomic mass is 16.7. The first-order chi connectivity index (χ1) is 17.8. The van der Waals surface area contributed by atoms with Crippen molar-refractivity contribution in [1.29, 1.82) is 0 Å². The van der Waals surface area contributed by atoms with Crippen LogP contribution in [0.25, 0.3) is 0 Å². The number of carbonyl (C=O) groups excluding carboxylic acids is 2. The lowest BCUT2D eigenvalue weighted by atomic mass is 9.97. The van der Waals surface area contributed by atoms with Gasteiger partial charge in [-0.05, 0) is 5.56 Å². The first-order valence-electron chi connectivity index (χ1n) is 11.9. The number of benzene rings is 1. The maximum atomic E-state index is 12.0. The highest BCUT2D eigenvalue weighted by molar-refractivity contribution is 5.67. The molecule has 2 aliphatic heterocycles. The van der Waals surface area contributed by atoms with Gasteiger partial charge in [0.25, 0.3) is 0 Å². The van der Waals surface area contributed by atoms with Gasteiger partial charge in [-0.3, -0.25) is 9.59 Å². The lowest BCUT2D eigenvalue weighted by molar-refractivity contribution is -0.352. The minimum atomic E-state index is -1.28. The second-order valence-corrected chi connectivity index (χ2v) is 8.71. The minimum Gasteiger partial charge on any atom is -0.456 e. The van der Waals surface area contributed by atoms with Crippen LogP contribution in [-0.4, -0.2) is 107 Å². The van der Waals surface area contributed by atoms with Gasteiger partial charge in [-0.1, -0.05) is 30.3 Å². The summed E-state index contributed by atoms with van der Waals surface area (Å²) >= 11 is 0. The number of aliphatic hydroxyl groups is 1. The van der Waals surface area contributed by atoms with E-state index in [1.807, 2.05) is 30.3 Å². The van der Waals surface area contributed by atoms with Gasteiger partial charge in [-0.25, -0.2) is 0 Å². The van der Waals surface area contributed by atoms with Crippen molar-refractivity contribution in [2.24, 2.45) is 0 Å². The molecular formula is C25H36O12. The van der Waals surface area contributed by atoms with E-state index in [1.165, 1.54) is 35.2 Å². The van der Waals surface area contributed by atoms with E-state index >= 15 is 0 Å². The first-order valence-corrected chi connectivity index (χ1v) is 11.9. The molecule has 208 valence electrons. The molecule has 1 N–H and O–H groups in total. The molecule has 0 radical (unpaired) electrons. The molecule has 0 saturated carbocycles. The van der Waals surface area contributed by atoms with Gasteiger partial charge in [0.1, 0.15) is 30.5 Å². The van der Waals surface area contributed by atoms with Crippen LogP contribution in [-0.2, 0) is 58.8 Å². The van der Waals surface area contributed by atoms with Gasteiger partial charge >= 0.3 is 11.9 Å². The predicted octanol–water partition coefficient (Wildman–Crippen LogP) is 0.570. The van der Waals surface area contributed by atoms with Crippen molar-refractivity contribution in [1.82, 2.24) is 0 Å². The van der Waals surface area contributed by atoms with Crippen LogP contribution in [0.4, 0.5) is 0 Å². The highest BCUT2D eigenvalue weighted by Crippen LogP contribution is 2.32. The van der Waals surface area contributed by atoms with Gasteiger partial charge in [-0.2, -0.15) is 0 Å². The summed E-state index contributed by atoms with van der Waals surface area (Å²) in [5.74, 6) is -1.16. The van der Waals surface area contributed by atoms with Crippen LogP contribution in [0.2, 0.25) is 0 Å². The summed E-state index contributed by atoms with van der Waals surface area (Å²) in [6.07, 6.45) is -8.57. The van der Waals surface area contributed by atoms with Crippen molar-refractivity contribution < 1.29 is 57.3 Å². The molecule has 0 aromatic heterocycles. The zero-order chi connectivity index (χ0) is 26.9. The molecule has 0 amide bonds. The van der Waals surface area contributed by atoms with Crippen molar-refractivity contribution in [3.8, 4) is 0 Å². The molecule has 3 rings (SSSR count). The van der Waals surface area contributed by atoms with Crippen molar-refractivity contribution in [2.45, 2.75) is 75.8 Å². The molecule has 12 nitrogen and oxygen atoms in total. The molecular weight excluding hydrogens is 492 g/mol. The Labute approximate surface area is 215 Å². The van der Waals surface area contributed by atoms with Crippen LogP contribution in [0.3, 0.4) is 0 Å². The Kier molecular flexibility index (Phi) is 11.2. The number of rotatable bonds is 11. The van der Waals surface area contributed by atoms with Gasteiger partial charge < -0.3 is 47.7 Å². The Morgan fingerprint density at radius 1 is 0.919 bits per heavy atom. The predicted molar refractivity (Wildman–Crippen MR) is 125 cm³/mol. The average molecular weight is 529 g/mol. The molecule has 2 aliphatic rings. The molecule has 2 fully saturated rings. The average Bonchev–Trinajstić information content (AvgIpc) is 2.86. The fourth-order valence-electron chi connectivity index (χ4n) is 4.48. The Balaban J connectivity index is 1.91. The molecule has 2 heterocycles. The molecule has 0 spiro atoms. The quantitative estimate of drug-likeness (QED) is 0.402.